The topological polar surface area (TPSA) is 116 Å². The highest BCUT2D eigenvalue weighted by Crippen LogP contribution is 2.28. The average Bonchev–Trinajstić information content (AvgIpc) is 3.12. The van der Waals surface area contributed by atoms with E-state index in [0.717, 1.165) is 11.8 Å². The maximum absolute atomic E-state index is 12.7. The molecule has 0 bridgehead atoms. The number of non-ortho nitro benzene ring substituents is 1. The zero-order chi connectivity index (χ0) is 20.6. The maximum atomic E-state index is 12.7. The zero-order valence-electron chi connectivity index (χ0n) is 15.1. The van der Waals surface area contributed by atoms with Crippen LogP contribution in [0.15, 0.2) is 22.7 Å². The van der Waals surface area contributed by atoms with Crippen LogP contribution in [-0.4, -0.2) is 25.8 Å². The number of aromatic nitrogens is 3. The third-order valence-electron chi connectivity index (χ3n) is 4.21. The average molecular weight is 424 g/mol. The van der Waals surface area contributed by atoms with E-state index in [-0.39, 0.29) is 28.6 Å². The SMILES string of the molecule is Cc1nn(Cc2c(C(=O)Nc3ccc([N+](=O)[O-])cc3Cl)noc2C)c(C)c1Cl. The molecule has 0 unspecified atom stereocenters. The Kier molecular flexibility index (Phi) is 5.39. The highest BCUT2D eigenvalue weighted by atomic mass is 35.5. The number of carbonyl (C=O) groups is 1. The predicted molar refractivity (Wildman–Crippen MR) is 103 cm³/mol. The highest BCUT2D eigenvalue weighted by Gasteiger charge is 2.23. The number of nitrogens with one attached hydrogen (secondary N) is 1. The summed E-state index contributed by atoms with van der Waals surface area (Å²) in [5.74, 6) is -0.0983. The molecule has 3 rings (SSSR count). The molecule has 0 aliphatic rings. The van der Waals surface area contributed by atoms with E-state index in [1.54, 1.807) is 18.5 Å². The lowest BCUT2D eigenvalue weighted by atomic mass is 10.1. The minimum absolute atomic E-state index is 0.0367. The summed E-state index contributed by atoms with van der Waals surface area (Å²) in [5, 5.41) is 22.2. The van der Waals surface area contributed by atoms with Crippen LogP contribution in [0.1, 0.15) is 33.2 Å². The minimum Gasteiger partial charge on any atom is -0.361 e. The molecular weight excluding hydrogens is 409 g/mol. The molecule has 0 atom stereocenters. The molecular formula is C17H15Cl2N5O4. The number of hydrogen-bond donors (Lipinski definition) is 1. The van der Waals surface area contributed by atoms with Crippen LogP contribution in [0.3, 0.4) is 0 Å². The van der Waals surface area contributed by atoms with E-state index in [2.05, 4.69) is 15.6 Å². The third kappa shape index (κ3) is 3.71. The Bertz CT molecular complexity index is 1090. The number of benzene rings is 1. The number of nitro benzene ring substituents is 1. The van der Waals surface area contributed by atoms with Gasteiger partial charge in [0.1, 0.15) is 5.76 Å². The number of anilines is 1. The largest absolute Gasteiger partial charge is 0.361 e. The molecule has 1 N–H and O–H groups in total. The van der Waals surface area contributed by atoms with E-state index in [0.29, 0.717) is 22.0 Å². The van der Waals surface area contributed by atoms with Crippen molar-refractivity contribution in [3.05, 3.63) is 66.8 Å². The van der Waals surface area contributed by atoms with Gasteiger partial charge in [-0.2, -0.15) is 5.10 Å². The van der Waals surface area contributed by atoms with Gasteiger partial charge in [-0.1, -0.05) is 28.4 Å². The summed E-state index contributed by atoms with van der Waals surface area (Å²) in [7, 11) is 0. The van der Waals surface area contributed by atoms with Gasteiger partial charge in [-0.25, -0.2) is 0 Å². The van der Waals surface area contributed by atoms with E-state index in [9.17, 15) is 14.9 Å². The molecule has 0 aliphatic carbocycles. The lowest BCUT2D eigenvalue weighted by molar-refractivity contribution is -0.384. The van der Waals surface area contributed by atoms with Crippen molar-refractivity contribution >= 4 is 40.5 Å². The summed E-state index contributed by atoms with van der Waals surface area (Å²) in [4.78, 5) is 22.9. The van der Waals surface area contributed by atoms with E-state index in [1.807, 2.05) is 6.92 Å². The van der Waals surface area contributed by atoms with Gasteiger partial charge in [0.25, 0.3) is 11.6 Å². The second-order valence-electron chi connectivity index (χ2n) is 6.08. The van der Waals surface area contributed by atoms with Crippen molar-refractivity contribution in [1.29, 1.82) is 0 Å². The van der Waals surface area contributed by atoms with Crippen molar-refractivity contribution in [3.8, 4) is 0 Å². The second-order valence-corrected chi connectivity index (χ2v) is 6.87. The lowest BCUT2D eigenvalue weighted by Gasteiger charge is -2.08. The lowest BCUT2D eigenvalue weighted by Crippen LogP contribution is -2.16. The van der Waals surface area contributed by atoms with Crippen LogP contribution in [0.2, 0.25) is 10.0 Å². The number of amides is 1. The molecule has 0 radical (unpaired) electrons. The Labute approximate surface area is 169 Å². The summed E-state index contributed by atoms with van der Waals surface area (Å²) in [6.07, 6.45) is 0. The first-order chi connectivity index (χ1) is 13.2. The summed E-state index contributed by atoms with van der Waals surface area (Å²) in [6, 6.07) is 3.75. The van der Waals surface area contributed by atoms with Crippen LogP contribution in [0, 0.1) is 30.9 Å². The molecule has 0 aliphatic heterocycles. The van der Waals surface area contributed by atoms with Gasteiger partial charge in [0.15, 0.2) is 5.69 Å². The van der Waals surface area contributed by atoms with Crippen LogP contribution in [0.4, 0.5) is 11.4 Å². The molecule has 0 saturated carbocycles. The summed E-state index contributed by atoms with van der Waals surface area (Å²) in [5.41, 5.74) is 2.08. The summed E-state index contributed by atoms with van der Waals surface area (Å²) in [6.45, 7) is 5.54. The van der Waals surface area contributed by atoms with Gasteiger partial charge in [-0.15, -0.1) is 0 Å². The number of nitrogens with zero attached hydrogens (tertiary/aromatic N) is 4. The molecule has 1 amide bonds. The Morgan fingerprint density at radius 3 is 2.61 bits per heavy atom. The number of rotatable bonds is 5. The Hall–Kier alpha value is -2.91. The molecule has 9 nitrogen and oxygen atoms in total. The van der Waals surface area contributed by atoms with Crippen LogP contribution in [0.5, 0.6) is 0 Å². The van der Waals surface area contributed by atoms with Crippen LogP contribution < -0.4 is 5.32 Å². The van der Waals surface area contributed by atoms with Crippen molar-refractivity contribution < 1.29 is 14.2 Å². The predicted octanol–water partition coefficient (Wildman–Crippen LogP) is 4.31. The first-order valence-corrected chi connectivity index (χ1v) is 8.84. The molecule has 0 saturated heterocycles. The molecule has 2 aromatic heterocycles. The molecule has 1 aromatic carbocycles. The normalized spacial score (nSPS) is 10.9. The van der Waals surface area contributed by atoms with Gasteiger partial charge in [0.05, 0.1) is 38.6 Å². The zero-order valence-corrected chi connectivity index (χ0v) is 16.6. The summed E-state index contributed by atoms with van der Waals surface area (Å²) >= 11 is 12.2. The number of carbonyl (C=O) groups excluding carboxylic acids is 1. The fourth-order valence-corrected chi connectivity index (χ4v) is 2.99. The molecule has 28 heavy (non-hydrogen) atoms. The molecule has 3 aromatic rings. The second kappa shape index (κ2) is 7.61. The number of nitro groups is 1. The Balaban J connectivity index is 1.87. The number of hydrogen-bond acceptors (Lipinski definition) is 6. The van der Waals surface area contributed by atoms with Crippen molar-refractivity contribution in [2.75, 3.05) is 5.32 Å². The van der Waals surface area contributed by atoms with Crippen LogP contribution >= 0.6 is 23.2 Å². The molecule has 11 heteroatoms. The van der Waals surface area contributed by atoms with Gasteiger partial charge >= 0.3 is 0 Å². The van der Waals surface area contributed by atoms with Gasteiger partial charge < -0.3 is 9.84 Å². The van der Waals surface area contributed by atoms with E-state index >= 15 is 0 Å². The molecule has 146 valence electrons. The van der Waals surface area contributed by atoms with Crippen molar-refractivity contribution in [2.45, 2.75) is 27.3 Å². The number of halogens is 2. The standard InChI is InChI=1S/C17H15Cl2N5O4/c1-8-15(19)9(2)23(21-8)7-12-10(3)28-22-16(12)17(25)20-14-5-4-11(24(26)27)6-13(14)18/h4-6H,7H2,1-3H3,(H,20,25). The molecule has 2 heterocycles. The van der Waals surface area contributed by atoms with Crippen molar-refractivity contribution in [2.24, 2.45) is 0 Å². The van der Waals surface area contributed by atoms with Crippen molar-refractivity contribution in [1.82, 2.24) is 14.9 Å². The fraction of sp³-hybridized carbons (Fsp3) is 0.235. The Morgan fingerprint density at radius 2 is 2.04 bits per heavy atom. The summed E-state index contributed by atoms with van der Waals surface area (Å²) < 4.78 is 6.84. The number of aryl methyl sites for hydroxylation is 2. The van der Waals surface area contributed by atoms with Crippen molar-refractivity contribution in [3.63, 3.8) is 0 Å². The van der Waals surface area contributed by atoms with Crippen LogP contribution in [-0.2, 0) is 6.54 Å². The molecule has 0 spiro atoms. The minimum atomic E-state index is -0.573. The third-order valence-corrected chi connectivity index (χ3v) is 5.07. The first-order valence-electron chi connectivity index (χ1n) is 8.09. The fourth-order valence-electron chi connectivity index (χ4n) is 2.64. The van der Waals surface area contributed by atoms with E-state index in [4.69, 9.17) is 27.7 Å². The van der Waals surface area contributed by atoms with E-state index in [1.165, 1.54) is 12.1 Å². The van der Waals surface area contributed by atoms with Gasteiger partial charge in [-0.3, -0.25) is 19.6 Å². The highest BCUT2D eigenvalue weighted by molar-refractivity contribution is 6.34. The van der Waals surface area contributed by atoms with Gasteiger partial charge in [0.2, 0.25) is 0 Å². The van der Waals surface area contributed by atoms with E-state index < -0.39 is 10.8 Å². The first kappa shape index (κ1) is 19.8. The monoisotopic (exact) mass is 423 g/mol. The maximum Gasteiger partial charge on any atom is 0.278 e. The quantitative estimate of drug-likeness (QED) is 0.482. The molecule has 0 fully saturated rings. The van der Waals surface area contributed by atoms with Gasteiger partial charge in [-0.05, 0) is 26.8 Å². The Morgan fingerprint density at radius 1 is 1.32 bits per heavy atom. The van der Waals surface area contributed by atoms with Gasteiger partial charge in [0, 0.05) is 17.7 Å². The smallest absolute Gasteiger partial charge is 0.278 e. The van der Waals surface area contributed by atoms with Crippen LogP contribution in [0.25, 0.3) is 0 Å².